The summed E-state index contributed by atoms with van der Waals surface area (Å²) in [5.41, 5.74) is 5.82. The Labute approximate surface area is 103 Å². The van der Waals surface area contributed by atoms with E-state index >= 15 is 0 Å². The summed E-state index contributed by atoms with van der Waals surface area (Å²) in [6, 6.07) is 6.38. The molecule has 1 aliphatic rings. The number of aromatic nitrogens is 1. The molecule has 4 nitrogen and oxygen atoms in total. The van der Waals surface area contributed by atoms with Crippen LogP contribution in [0.5, 0.6) is 5.88 Å². The molecule has 2 N–H and O–H groups in total. The van der Waals surface area contributed by atoms with Gasteiger partial charge >= 0.3 is 0 Å². The molecule has 1 heterocycles. The summed E-state index contributed by atoms with van der Waals surface area (Å²) in [6.45, 7) is 0.763. The molecule has 0 amide bonds. The van der Waals surface area contributed by atoms with Gasteiger partial charge in [-0.2, -0.15) is 4.98 Å². The molecule has 1 aromatic rings. The molecule has 1 aliphatic carbocycles. The van der Waals surface area contributed by atoms with E-state index in [9.17, 15) is 0 Å². The fourth-order valence-corrected chi connectivity index (χ4v) is 2.69. The maximum absolute atomic E-state index is 5.82. The molecule has 0 bridgehead atoms. The monoisotopic (exact) mass is 235 g/mol. The van der Waals surface area contributed by atoms with Crippen molar-refractivity contribution in [2.45, 2.75) is 25.3 Å². The van der Waals surface area contributed by atoms with Crippen molar-refractivity contribution in [3.05, 3.63) is 18.2 Å². The maximum atomic E-state index is 5.82. The van der Waals surface area contributed by atoms with Gasteiger partial charge in [-0.15, -0.1) is 0 Å². The molecule has 0 aliphatic heterocycles. The first-order chi connectivity index (χ1) is 8.26. The van der Waals surface area contributed by atoms with Gasteiger partial charge in [-0.25, -0.2) is 0 Å². The van der Waals surface area contributed by atoms with Gasteiger partial charge in [0.1, 0.15) is 5.82 Å². The van der Waals surface area contributed by atoms with Crippen LogP contribution in [0, 0.1) is 5.92 Å². The van der Waals surface area contributed by atoms with Crippen molar-refractivity contribution < 1.29 is 4.74 Å². The predicted octanol–water partition coefficient (Wildman–Crippen LogP) is 1.65. The van der Waals surface area contributed by atoms with Gasteiger partial charge in [0.2, 0.25) is 5.88 Å². The molecule has 2 unspecified atom stereocenters. The van der Waals surface area contributed by atoms with Crippen LogP contribution in [0.2, 0.25) is 0 Å². The van der Waals surface area contributed by atoms with Crippen molar-refractivity contribution in [3.8, 4) is 5.88 Å². The molecule has 1 fully saturated rings. The normalized spacial score (nSPS) is 23.7. The molecule has 2 atom stereocenters. The van der Waals surface area contributed by atoms with Gasteiger partial charge in [0.25, 0.3) is 0 Å². The average molecular weight is 235 g/mol. The minimum Gasteiger partial charge on any atom is -0.481 e. The Bertz CT molecular complexity index is 369. The molecule has 17 heavy (non-hydrogen) atoms. The first-order valence-electron chi connectivity index (χ1n) is 6.20. The van der Waals surface area contributed by atoms with Crippen molar-refractivity contribution in [2.75, 3.05) is 25.6 Å². The zero-order chi connectivity index (χ0) is 12.3. The van der Waals surface area contributed by atoms with Crippen molar-refractivity contribution in [2.24, 2.45) is 11.7 Å². The Kier molecular flexibility index (Phi) is 3.84. The summed E-state index contributed by atoms with van der Waals surface area (Å²) in [7, 11) is 3.74. The highest BCUT2D eigenvalue weighted by Gasteiger charge is 2.29. The Morgan fingerprint density at radius 3 is 3.00 bits per heavy atom. The molecule has 1 saturated carbocycles. The Morgan fingerprint density at radius 1 is 1.47 bits per heavy atom. The van der Waals surface area contributed by atoms with Crippen LogP contribution in [-0.2, 0) is 0 Å². The largest absolute Gasteiger partial charge is 0.481 e. The smallest absolute Gasteiger partial charge is 0.214 e. The third-order valence-corrected chi connectivity index (χ3v) is 3.70. The fraction of sp³-hybridized carbons (Fsp3) is 0.615. The van der Waals surface area contributed by atoms with Crippen LogP contribution in [-0.4, -0.2) is 31.7 Å². The maximum Gasteiger partial charge on any atom is 0.214 e. The molecule has 0 spiro atoms. The van der Waals surface area contributed by atoms with E-state index in [1.807, 2.05) is 18.2 Å². The second kappa shape index (κ2) is 5.36. The van der Waals surface area contributed by atoms with E-state index in [-0.39, 0.29) is 0 Å². The van der Waals surface area contributed by atoms with E-state index in [1.54, 1.807) is 7.11 Å². The number of rotatable bonds is 4. The van der Waals surface area contributed by atoms with Crippen LogP contribution in [0.4, 0.5) is 5.82 Å². The van der Waals surface area contributed by atoms with Gasteiger partial charge in [0.05, 0.1) is 7.11 Å². The molecule has 0 saturated heterocycles. The molecule has 2 rings (SSSR count). The number of methoxy groups -OCH3 is 1. The van der Waals surface area contributed by atoms with Crippen LogP contribution in [0.1, 0.15) is 19.3 Å². The zero-order valence-electron chi connectivity index (χ0n) is 10.6. The minimum absolute atomic E-state index is 0.514. The van der Waals surface area contributed by atoms with Crippen LogP contribution >= 0.6 is 0 Å². The van der Waals surface area contributed by atoms with E-state index in [0.717, 1.165) is 12.4 Å². The number of ether oxygens (including phenoxy) is 1. The lowest BCUT2D eigenvalue weighted by molar-refractivity contribution is 0.396. The first-order valence-corrected chi connectivity index (χ1v) is 6.20. The van der Waals surface area contributed by atoms with Crippen LogP contribution in [0.3, 0.4) is 0 Å². The minimum atomic E-state index is 0.514. The Morgan fingerprint density at radius 2 is 2.29 bits per heavy atom. The quantitative estimate of drug-likeness (QED) is 0.862. The van der Waals surface area contributed by atoms with E-state index in [0.29, 0.717) is 17.8 Å². The molecular weight excluding hydrogens is 214 g/mol. The molecule has 0 radical (unpaired) electrons. The third-order valence-electron chi connectivity index (χ3n) is 3.70. The number of hydrogen-bond acceptors (Lipinski definition) is 4. The lowest BCUT2D eigenvalue weighted by Gasteiger charge is -2.30. The summed E-state index contributed by atoms with van der Waals surface area (Å²) >= 11 is 0. The second-order valence-corrected chi connectivity index (χ2v) is 4.64. The second-order valence-electron chi connectivity index (χ2n) is 4.64. The zero-order valence-corrected chi connectivity index (χ0v) is 10.6. The SMILES string of the molecule is COc1cccc(N(C)C2CCCC2CN)n1. The fourth-order valence-electron chi connectivity index (χ4n) is 2.69. The van der Waals surface area contributed by atoms with Crippen LogP contribution < -0.4 is 15.4 Å². The number of pyridine rings is 1. The molecule has 1 aromatic heterocycles. The van der Waals surface area contributed by atoms with E-state index in [2.05, 4.69) is 16.9 Å². The lowest BCUT2D eigenvalue weighted by atomic mass is 10.0. The van der Waals surface area contributed by atoms with Gasteiger partial charge in [0, 0.05) is 19.2 Å². The highest BCUT2D eigenvalue weighted by atomic mass is 16.5. The summed E-state index contributed by atoms with van der Waals surface area (Å²) in [6.07, 6.45) is 3.70. The summed E-state index contributed by atoms with van der Waals surface area (Å²) in [4.78, 5) is 6.71. The van der Waals surface area contributed by atoms with Gasteiger partial charge in [-0.3, -0.25) is 0 Å². The van der Waals surface area contributed by atoms with Crippen molar-refractivity contribution in [3.63, 3.8) is 0 Å². The van der Waals surface area contributed by atoms with E-state index in [4.69, 9.17) is 10.5 Å². The van der Waals surface area contributed by atoms with Gasteiger partial charge in [0.15, 0.2) is 0 Å². The predicted molar refractivity (Wildman–Crippen MR) is 69.4 cm³/mol. The standard InChI is InChI=1S/C13H21N3O/c1-16(11-6-3-5-10(11)9-14)12-7-4-8-13(15-12)17-2/h4,7-8,10-11H,3,5-6,9,14H2,1-2H3. The number of nitrogens with two attached hydrogens (primary N) is 1. The van der Waals surface area contributed by atoms with Crippen LogP contribution in [0.15, 0.2) is 18.2 Å². The lowest BCUT2D eigenvalue weighted by Crippen LogP contribution is -2.38. The number of nitrogens with zero attached hydrogens (tertiary/aromatic N) is 2. The first kappa shape index (κ1) is 12.2. The highest BCUT2D eigenvalue weighted by molar-refractivity contribution is 5.41. The topological polar surface area (TPSA) is 51.4 Å². The Hall–Kier alpha value is -1.29. The number of anilines is 1. The average Bonchev–Trinajstić information content (AvgIpc) is 2.86. The van der Waals surface area contributed by atoms with E-state index in [1.165, 1.54) is 19.3 Å². The van der Waals surface area contributed by atoms with Gasteiger partial charge in [-0.1, -0.05) is 12.5 Å². The molecule has 4 heteroatoms. The van der Waals surface area contributed by atoms with Crippen molar-refractivity contribution in [1.82, 2.24) is 4.98 Å². The molecule has 94 valence electrons. The van der Waals surface area contributed by atoms with Gasteiger partial charge in [-0.05, 0) is 31.4 Å². The Balaban J connectivity index is 2.15. The molecule has 0 aromatic carbocycles. The third kappa shape index (κ3) is 2.52. The van der Waals surface area contributed by atoms with E-state index < -0.39 is 0 Å². The number of hydrogen-bond donors (Lipinski definition) is 1. The summed E-state index contributed by atoms with van der Waals surface area (Å²) < 4.78 is 5.16. The van der Waals surface area contributed by atoms with Gasteiger partial charge < -0.3 is 15.4 Å². The van der Waals surface area contributed by atoms with Crippen LogP contribution in [0.25, 0.3) is 0 Å². The van der Waals surface area contributed by atoms with Crippen molar-refractivity contribution in [1.29, 1.82) is 0 Å². The highest BCUT2D eigenvalue weighted by Crippen LogP contribution is 2.31. The summed E-state index contributed by atoms with van der Waals surface area (Å²) in [5, 5.41) is 0. The van der Waals surface area contributed by atoms with Crippen molar-refractivity contribution >= 4 is 5.82 Å². The molecular formula is C13H21N3O. The summed E-state index contributed by atoms with van der Waals surface area (Å²) in [5.74, 6) is 2.22.